The van der Waals surface area contributed by atoms with Crippen LogP contribution in [0, 0.1) is 17.4 Å². The molecule has 0 bridgehead atoms. The lowest BCUT2D eigenvalue weighted by Crippen LogP contribution is -2.36. The second-order valence-corrected chi connectivity index (χ2v) is 10.8. The van der Waals surface area contributed by atoms with Crippen LogP contribution in [0.1, 0.15) is 29.2 Å². The van der Waals surface area contributed by atoms with Crippen LogP contribution in [0.2, 0.25) is 0 Å². The standard InChI is InChI=1S/C29H27IN2O5S/c1-4-36-24-14-21(13-22(30)27(24)37-17-20-10-6-5-7-11-20)15-25-28(34)32(29(35)38-25)16-26(33)31-23-12-8-9-18(2)19(23)3/h5-15H,4,16-17H2,1-3H3,(H,31,33)/b25-15+. The number of rotatable bonds is 9. The van der Waals surface area contributed by atoms with E-state index in [1.165, 1.54) is 0 Å². The molecule has 1 N–H and O–H groups in total. The van der Waals surface area contributed by atoms with Gasteiger partial charge in [0.25, 0.3) is 11.1 Å². The second kappa shape index (κ2) is 12.5. The maximum atomic E-state index is 13.0. The average Bonchev–Trinajstić information content (AvgIpc) is 3.14. The van der Waals surface area contributed by atoms with Crippen molar-refractivity contribution >= 4 is 63.2 Å². The fourth-order valence-corrected chi connectivity index (χ4v) is 5.43. The molecule has 1 aliphatic rings. The Morgan fingerprint density at radius 1 is 1.05 bits per heavy atom. The van der Waals surface area contributed by atoms with Gasteiger partial charge in [-0.05, 0) is 102 Å². The van der Waals surface area contributed by atoms with Crippen molar-refractivity contribution in [1.29, 1.82) is 0 Å². The average molecular weight is 643 g/mol. The molecule has 1 fully saturated rings. The summed E-state index contributed by atoms with van der Waals surface area (Å²) in [5.41, 5.74) is 4.35. The Hall–Kier alpha value is -3.31. The largest absolute Gasteiger partial charge is 0.490 e. The summed E-state index contributed by atoms with van der Waals surface area (Å²) in [6, 6.07) is 19.1. The van der Waals surface area contributed by atoms with Crippen LogP contribution >= 0.6 is 34.4 Å². The van der Waals surface area contributed by atoms with Gasteiger partial charge in [0.05, 0.1) is 15.1 Å². The lowest BCUT2D eigenvalue weighted by molar-refractivity contribution is -0.127. The van der Waals surface area contributed by atoms with Gasteiger partial charge in [-0.25, -0.2) is 0 Å². The highest BCUT2D eigenvalue weighted by Crippen LogP contribution is 2.38. The van der Waals surface area contributed by atoms with Crippen molar-refractivity contribution in [2.45, 2.75) is 27.4 Å². The summed E-state index contributed by atoms with van der Waals surface area (Å²) in [5.74, 6) is 0.224. The molecule has 3 amide bonds. The van der Waals surface area contributed by atoms with E-state index in [1.807, 2.05) is 69.3 Å². The zero-order chi connectivity index (χ0) is 27.2. The minimum atomic E-state index is -0.506. The summed E-state index contributed by atoms with van der Waals surface area (Å²) in [6.07, 6.45) is 1.64. The number of benzene rings is 3. The molecule has 0 radical (unpaired) electrons. The highest BCUT2D eigenvalue weighted by molar-refractivity contribution is 14.1. The van der Waals surface area contributed by atoms with Crippen LogP contribution < -0.4 is 14.8 Å². The van der Waals surface area contributed by atoms with E-state index in [0.717, 1.165) is 36.9 Å². The van der Waals surface area contributed by atoms with E-state index < -0.39 is 17.1 Å². The Morgan fingerprint density at radius 2 is 1.82 bits per heavy atom. The van der Waals surface area contributed by atoms with Crippen molar-refractivity contribution < 1.29 is 23.9 Å². The number of imide groups is 1. The lowest BCUT2D eigenvalue weighted by Gasteiger charge is -2.15. The number of aryl methyl sites for hydroxylation is 1. The number of hydrogen-bond donors (Lipinski definition) is 1. The maximum absolute atomic E-state index is 13.0. The van der Waals surface area contributed by atoms with Gasteiger partial charge < -0.3 is 14.8 Å². The Labute approximate surface area is 239 Å². The number of nitrogens with zero attached hydrogens (tertiary/aromatic N) is 1. The first-order valence-electron chi connectivity index (χ1n) is 12.0. The topological polar surface area (TPSA) is 84.9 Å². The zero-order valence-electron chi connectivity index (χ0n) is 21.2. The zero-order valence-corrected chi connectivity index (χ0v) is 24.2. The summed E-state index contributed by atoms with van der Waals surface area (Å²) >= 11 is 2.98. The Morgan fingerprint density at radius 3 is 2.55 bits per heavy atom. The minimum Gasteiger partial charge on any atom is -0.490 e. The highest BCUT2D eigenvalue weighted by atomic mass is 127. The monoisotopic (exact) mass is 642 g/mol. The van der Waals surface area contributed by atoms with Gasteiger partial charge in [-0.2, -0.15) is 0 Å². The van der Waals surface area contributed by atoms with Gasteiger partial charge in [-0.1, -0.05) is 42.5 Å². The fourth-order valence-electron chi connectivity index (χ4n) is 3.81. The first kappa shape index (κ1) is 27.7. The van der Waals surface area contributed by atoms with Gasteiger partial charge >= 0.3 is 0 Å². The van der Waals surface area contributed by atoms with E-state index >= 15 is 0 Å². The van der Waals surface area contributed by atoms with Gasteiger partial charge in [0.15, 0.2) is 11.5 Å². The van der Waals surface area contributed by atoms with Crippen molar-refractivity contribution in [3.05, 3.63) is 91.4 Å². The van der Waals surface area contributed by atoms with Gasteiger partial charge in [-0.15, -0.1) is 0 Å². The van der Waals surface area contributed by atoms with Crippen molar-refractivity contribution in [2.75, 3.05) is 18.5 Å². The third-order valence-electron chi connectivity index (χ3n) is 5.91. The van der Waals surface area contributed by atoms with Crippen molar-refractivity contribution in [1.82, 2.24) is 4.90 Å². The number of thioether (sulfide) groups is 1. The van der Waals surface area contributed by atoms with E-state index in [-0.39, 0.29) is 11.4 Å². The van der Waals surface area contributed by atoms with Gasteiger partial charge in [0, 0.05) is 5.69 Å². The van der Waals surface area contributed by atoms with Gasteiger partial charge in [0.2, 0.25) is 5.91 Å². The highest BCUT2D eigenvalue weighted by Gasteiger charge is 2.36. The van der Waals surface area contributed by atoms with Crippen LogP contribution in [0.5, 0.6) is 11.5 Å². The molecule has 38 heavy (non-hydrogen) atoms. The summed E-state index contributed by atoms with van der Waals surface area (Å²) in [4.78, 5) is 39.5. The first-order chi connectivity index (χ1) is 18.3. The summed E-state index contributed by atoms with van der Waals surface area (Å²) in [7, 11) is 0. The predicted molar refractivity (Wildman–Crippen MR) is 158 cm³/mol. The van der Waals surface area contributed by atoms with Gasteiger partial charge in [-0.3, -0.25) is 19.3 Å². The van der Waals surface area contributed by atoms with Crippen LogP contribution in [0.4, 0.5) is 10.5 Å². The van der Waals surface area contributed by atoms with E-state index in [1.54, 1.807) is 18.2 Å². The summed E-state index contributed by atoms with van der Waals surface area (Å²) in [6.45, 7) is 6.21. The Kier molecular flexibility index (Phi) is 9.11. The van der Waals surface area contributed by atoms with Gasteiger partial charge in [0.1, 0.15) is 13.2 Å². The van der Waals surface area contributed by atoms with Crippen molar-refractivity contribution in [2.24, 2.45) is 0 Å². The fraction of sp³-hybridized carbons (Fsp3) is 0.207. The Balaban J connectivity index is 1.49. The molecule has 0 aliphatic carbocycles. The third kappa shape index (κ3) is 6.57. The smallest absolute Gasteiger partial charge is 0.294 e. The molecule has 3 aromatic carbocycles. The molecule has 4 rings (SSSR count). The molecule has 0 unspecified atom stereocenters. The number of amides is 3. The normalized spacial score (nSPS) is 14.2. The van der Waals surface area contributed by atoms with Crippen LogP contribution in [0.3, 0.4) is 0 Å². The van der Waals surface area contributed by atoms with E-state index in [4.69, 9.17) is 9.47 Å². The molecular formula is C29H27IN2O5S. The number of hydrogen-bond acceptors (Lipinski definition) is 6. The molecule has 0 atom stereocenters. The summed E-state index contributed by atoms with van der Waals surface area (Å²) in [5, 5.41) is 2.31. The maximum Gasteiger partial charge on any atom is 0.294 e. The second-order valence-electron chi connectivity index (χ2n) is 8.60. The van der Waals surface area contributed by atoms with Crippen LogP contribution in [0.25, 0.3) is 6.08 Å². The molecule has 196 valence electrons. The summed E-state index contributed by atoms with van der Waals surface area (Å²) < 4.78 is 12.7. The SMILES string of the molecule is CCOc1cc(/C=C2/SC(=O)N(CC(=O)Nc3cccc(C)c3C)C2=O)cc(I)c1OCc1ccccc1. The third-order valence-corrected chi connectivity index (χ3v) is 7.62. The quantitative estimate of drug-likeness (QED) is 0.210. The number of anilines is 1. The van der Waals surface area contributed by atoms with E-state index in [9.17, 15) is 14.4 Å². The molecule has 1 heterocycles. The number of ether oxygens (including phenoxy) is 2. The minimum absolute atomic E-state index is 0.241. The Bertz CT molecular complexity index is 1410. The molecular weight excluding hydrogens is 615 g/mol. The number of nitrogens with one attached hydrogen (secondary N) is 1. The molecule has 0 saturated carbocycles. The number of carbonyl (C=O) groups excluding carboxylic acids is 3. The molecule has 3 aromatic rings. The molecule has 7 nitrogen and oxygen atoms in total. The lowest BCUT2D eigenvalue weighted by atomic mass is 10.1. The molecule has 1 saturated heterocycles. The van der Waals surface area contributed by atoms with Crippen molar-refractivity contribution in [3.63, 3.8) is 0 Å². The van der Waals surface area contributed by atoms with Crippen LogP contribution in [-0.2, 0) is 16.2 Å². The first-order valence-corrected chi connectivity index (χ1v) is 13.9. The molecule has 0 aromatic heterocycles. The van der Waals surface area contributed by atoms with Crippen LogP contribution in [0.15, 0.2) is 65.6 Å². The van der Waals surface area contributed by atoms with Crippen LogP contribution in [-0.4, -0.2) is 35.1 Å². The van der Waals surface area contributed by atoms with E-state index in [2.05, 4.69) is 27.9 Å². The molecule has 0 spiro atoms. The van der Waals surface area contributed by atoms with E-state index in [0.29, 0.717) is 36.0 Å². The molecule has 9 heteroatoms. The number of carbonyl (C=O) groups is 3. The van der Waals surface area contributed by atoms with Crippen molar-refractivity contribution in [3.8, 4) is 11.5 Å². The predicted octanol–water partition coefficient (Wildman–Crippen LogP) is 6.56. The molecule has 1 aliphatic heterocycles. The number of halogens is 1.